The second-order valence-corrected chi connectivity index (χ2v) is 10.0. The fourth-order valence-corrected chi connectivity index (χ4v) is 6.59. The van der Waals surface area contributed by atoms with Gasteiger partial charge in [0.05, 0.1) is 17.3 Å². The molecule has 31 heavy (non-hydrogen) atoms. The molecule has 0 spiro atoms. The first-order chi connectivity index (χ1) is 15.5. The summed E-state index contributed by atoms with van der Waals surface area (Å²) in [5.41, 5.74) is 4.37. The van der Waals surface area contributed by atoms with Gasteiger partial charge in [-0.25, -0.2) is 0 Å². The van der Waals surface area contributed by atoms with Crippen LogP contribution in [0.5, 0.6) is 0 Å². The molecule has 1 aliphatic rings. The highest BCUT2D eigenvalue weighted by molar-refractivity contribution is 7.26. The molecule has 0 atom stereocenters. The minimum atomic E-state index is -0.352. The van der Waals surface area contributed by atoms with Crippen molar-refractivity contribution in [1.82, 2.24) is 0 Å². The third-order valence-corrected chi connectivity index (χ3v) is 7.89. The molecular formula is C29H21NS. The van der Waals surface area contributed by atoms with Gasteiger partial charge in [-0.1, -0.05) is 78.8 Å². The zero-order valence-corrected chi connectivity index (χ0v) is 18.2. The lowest BCUT2D eigenvalue weighted by atomic mass is 9.78. The Morgan fingerprint density at radius 2 is 1.42 bits per heavy atom. The van der Waals surface area contributed by atoms with E-state index < -0.39 is 0 Å². The monoisotopic (exact) mass is 416 g/mol. The van der Waals surface area contributed by atoms with Crippen molar-refractivity contribution in [1.29, 1.82) is 0 Å². The topological polar surface area (TPSA) is 12.0 Å². The van der Waals surface area contributed by atoms with Crippen LogP contribution in [0, 0.1) is 0 Å². The van der Waals surface area contributed by atoms with Crippen molar-refractivity contribution in [3.05, 3.63) is 90.5 Å². The van der Waals surface area contributed by atoms with Crippen molar-refractivity contribution in [2.24, 2.45) is 0 Å². The van der Waals surface area contributed by atoms with Crippen molar-refractivity contribution >= 4 is 58.7 Å². The van der Waals surface area contributed by atoms with Gasteiger partial charge in [0.2, 0.25) is 0 Å². The molecule has 2 heterocycles. The molecule has 2 heteroatoms. The van der Waals surface area contributed by atoms with Gasteiger partial charge in [0.25, 0.3) is 0 Å². The number of anilines is 1. The van der Waals surface area contributed by atoms with E-state index in [9.17, 15) is 0 Å². The molecule has 148 valence electrons. The number of fused-ring (bicyclic) bond motifs is 12. The van der Waals surface area contributed by atoms with Crippen LogP contribution in [0.1, 0.15) is 20.8 Å². The third-order valence-electron chi connectivity index (χ3n) is 6.70. The Hall–Kier alpha value is -3.36. The van der Waals surface area contributed by atoms with Gasteiger partial charge < -0.3 is 5.32 Å². The molecule has 0 fully saturated rings. The Bertz CT molecular complexity index is 1740. The fourth-order valence-electron chi connectivity index (χ4n) is 5.37. The lowest BCUT2D eigenvalue weighted by molar-refractivity contribution is 0.608. The second kappa shape index (κ2) is 5.87. The predicted octanol–water partition coefficient (Wildman–Crippen LogP) is 8.69. The van der Waals surface area contributed by atoms with E-state index in [1.807, 2.05) is 17.4 Å². The van der Waals surface area contributed by atoms with Gasteiger partial charge in [-0.2, -0.15) is 0 Å². The zero-order valence-electron chi connectivity index (χ0n) is 18.4. The summed E-state index contributed by atoms with van der Waals surface area (Å²) < 4.78 is 11.6. The average molecular weight is 417 g/mol. The summed E-state index contributed by atoms with van der Waals surface area (Å²) in [6.07, 6.45) is 0. The Morgan fingerprint density at radius 1 is 0.742 bits per heavy atom. The number of hydrogen-bond donors (Lipinski definition) is 1. The lowest BCUT2D eigenvalue weighted by Gasteiger charge is -2.38. The van der Waals surface area contributed by atoms with E-state index in [1.165, 1.54) is 53.1 Å². The maximum atomic E-state index is 8.95. The fraction of sp³-hybridized carbons (Fsp3) is 0.103. The van der Waals surface area contributed by atoms with Gasteiger partial charge in [0.1, 0.15) is 0 Å². The SMILES string of the molecule is [2H]c1cc2ccccc2c2c1C(C)(C)Nc1c-2c2ccccc2c2c1sc1ccccc12. The summed E-state index contributed by atoms with van der Waals surface area (Å²) in [7, 11) is 0. The molecule has 1 nitrogen and oxygen atoms in total. The van der Waals surface area contributed by atoms with Crippen LogP contribution in [0.15, 0.2) is 84.9 Å². The van der Waals surface area contributed by atoms with Crippen LogP contribution in [0.4, 0.5) is 5.69 Å². The molecule has 0 radical (unpaired) electrons. The van der Waals surface area contributed by atoms with Crippen LogP contribution < -0.4 is 5.32 Å². The minimum Gasteiger partial charge on any atom is -0.374 e. The third kappa shape index (κ3) is 2.21. The Kier molecular flexibility index (Phi) is 3.09. The van der Waals surface area contributed by atoms with Crippen molar-refractivity contribution < 1.29 is 1.37 Å². The zero-order chi connectivity index (χ0) is 21.6. The second-order valence-electron chi connectivity index (χ2n) is 8.97. The van der Waals surface area contributed by atoms with Gasteiger partial charge in [0.15, 0.2) is 0 Å². The molecule has 6 aromatic rings. The quantitative estimate of drug-likeness (QED) is 0.261. The number of nitrogens with one attached hydrogen (secondary N) is 1. The minimum absolute atomic E-state index is 0.352. The molecule has 1 N–H and O–H groups in total. The van der Waals surface area contributed by atoms with Gasteiger partial charge in [-0.05, 0) is 52.6 Å². The highest BCUT2D eigenvalue weighted by Crippen LogP contribution is 2.55. The van der Waals surface area contributed by atoms with Crippen molar-refractivity contribution in [2.75, 3.05) is 5.32 Å². The van der Waals surface area contributed by atoms with Crippen LogP contribution >= 0.6 is 11.3 Å². The number of benzene rings is 5. The Balaban J connectivity index is 1.81. The van der Waals surface area contributed by atoms with Crippen LogP contribution in [0.3, 0.4) is 0 Å². The summed E-state index contributed by atoms with van der Waals surface area (Å²) in [5.74, 6) is 0. The highest BCUT2D eigenvalue weighted by atomic mass is 32.1. The molecule has 1 aliphatic heterocycles. The first-order valence-electron chi connectivity index (χ1n) is 11.2. The molecule has 0 amide bonds. The Labute approximate surface area is 186 Å². The predicted molar refractivity (Wildman–Crippen MR) is 136 cm³/mol. The van der Waals surface area contributed by atoms with E-state index in [-0.39, 0.29) is 5.54 Å². The van der Waals surface area contributed by atoms with E-state index in [0.29, 0.717) is 6.04 Å². The smallest absolute Gasteiger partial charge is 0.0627 e. The molecule has 0 saturated heterocycles. The first-order valence-corrected chi connectivity index (χ1v) is 11.5. The number of rotatable bonds is 0. The van der Waals surface area contributed by atoms with Gasteiger partial charge in [-0.15, -0.1) is 11.3 Å². The normalized spacial score (nSPS) is 15.1. The summed E-state index contributed by atoms with van der Waals surface area (Å²) in [4.78, 5) is 0. The van der Waals surface area contributed by atoms with Crippen LogP contribution in [0.2, 0.25) is 0 Å². The summed E-state index contributed by atoms with van der Waals surface area (Å²) in [6, 6.07) is 28.6. The van der Waals surface area contributed by atoms with Crippen LogP contribution in [0.25, 0.3) is 52.8 Å². The maximum Gasteiger partial charge on any atom is 0.0627 e. The average Bonchev–Trinajstić information content (AvgIpc) is 3.18. The standard InChI is InChI=1S/C29H21NS/c1-29(2)22-16-15-17-9-3-4-10-18(17)25(22)26-20-12-6-5-11-19(20)24-21-13-7-8-14-23(21)31-28(24)27(26)30-29/h3-16,30H,1-2H3/i16D. The molecular weight excluding hydrogens is 394 g/mol. The molecule has 7 rings (SSSR count). The molecule has 5 aromatic carbocycles. The summed E-state index contributed by atoms with van der Waals surface area (Å²) in [6.45, 7) is 4.41. The van der Waals surface area contributed by atoms with Gasteiger partial charge in [0, 0.05) is 21.0 Å². The Morgan fingerprint density at radius 3 is 2.26 bits per heavy atom. The van der Waals surface area contributed by atoms with Gasteiger partial charge in [-0.3, -0.25) is 0 Å². The molecule has 0 aliphatic carbocycles. The van der Waals surface area contributed by atoms with E-state index >= 15 is 0 Å². The highest BCUT2D eigenvalue weighted by Gasteiger charge is 2.34. The summed E-state index contributed by atoms with van der Waals surface area (Å²) in [5, 5.41) is 11.4. The van der Waals surface area contributed by atoms with Gasteiger partial charge >= 0.3 is 0 Å². The molecule has 0 bridgehead atoms. The van der Waals surface area contributed by atoms with Crippen molar-refractivity contribution in [3.63, 3.8) is 0 Å². The largest absolute Gasteiger partial charge is 0.374 e. The molecule has 1 aromatic heterocycles. The maximum absolute atomic E-state index is 8.95. The van der Waals surface area contributed by atoms with Crippen molar-refractivity contribution in [3.8, 4) is 11.1 Å². The summed E-state index contributed by atoms with van der Waals surface area (Å²) >= 11 is 1.87. The van der Waals surface area contributed by atoms with E-state index in [1.54, 1.807) is 0 Å². The number of hydrogen-bond acceptors (Lipinski definition) is 2. The lowest BCUT2D eigenvalue weighted by Crippen LogP contribution is -2.32. The first kappa shape index (κ1) is 16.3. The van der Waals surface area contributed by atoms with Crippen molar-refractivity contribution in [2.45, 2.75) is 19.4 Å². The van der Waals surface area contributed by atoms with E-state index in [2.05, 4.69) is 92.0 Å². The van der Waals surface area contributed by atoms with Crippen LogP contribution in [-0.4, -0.2) is 0 Å². The van der Waals surface area contributed by atoms with Crippen LogP contribution in [-0.2, 0) is 5.54 Å². The van der Waals surface area contributed by atoms with E-state index in [0.717, 1.165) is 10.9 Å². The number of thiophene rings is 1. The van der Waals surface area contributed by atoms with E-state index in [4.69, 9.17) is 1.37 Å². The molecule has 0 unspecified atom stereocenters. The molecule has 0 saturated carbocycles.